The lowest BCUT2D eigenvalue weighted by atomic mass is 10.1. The number of hydrogen-bond donors (Lipinski definition) is 1. The van der Waals surface area contributed by atoms with Crippen LogP contribution in [-0.4, -0.2) is 22.4 Å². The largest absolute Gasteiger partial charge is 0.497 e. The standard InChI is InChI=1S/C23H15BrFN3O2S/c1-30-16-6-2-13(3-7-16)19-12-28-20-9-4-14(10-21(20)31-23(28)27-19)22(29)26-18-8-5-15(24)11-17(18)25/h2-12H,1H3,(H,26,29). The number of methoxy groups -OCH3 is 1. The zero-order valence-electron chi connectivity index (χ0n) is 16.2. The number of hydrogen-bond acceptors (Lipinski definition) is 4. The molecule has 0 radical (unpaired) electrons. The molecule has 5 aromatic rings. The summed E-state index contributed by atoms with van der Waals surface area (Å²) in [7, 11) is 1.64. The van der Waals surface area contributed by atoms with Crippen molar-refractivity contribution in [3.8, 4) is 17.0 Å². The van der Waals surface area contributed by atoms with E-state index in [2.05, 4.69) is 21.2 Å². The first-order valence-corrected chi connectivity index (χ1v) is 11.0. The molecule has 0 spiro atoms. The number of halogens is 2. The molecule has 0 bridgehead atoms. The SMILES string of the molecule is COc1ccc(-c2cn3c(n2)sc2cc(C(=O)Nc4ccc(Br)cc4F)ccc23)cc1. The zero-order valence-corrected chi connectivity index (χ0v) is 18.6. The number of nitrogens with zero attached hydrogens (tertiary/aromatic N) is 2. The van der Waals surface area contributed by atoms with Crippen LogP contribution in [0, 0.1) is 5.82 Å². The maximum atomic E-state index is 14.0. The number of ether oxygens (including phenoxy) is 1. The number of thiazole rings is 1. The highest BCUT2D eigenvalue weighted by molar-refractivity contribution is 9.10. The predicted molar refractivity (Wildman–Crippen MR) is 125 cm³/mol. The molecule has 2 heterocycles. The number of aromatic nitrogens is 2. The van der Waals surface area contributed by atoms with Gasteiger partial charge >= 0.3 is 0 Å². The Bertz CT molecular complexity index is 1440. The molecule has 0 atom stereocenters. The number of amides is 1. The number of carbonyl (C=O) groups is 1. The second-order valence-corrected chi connectivity index (χ2v) is 8.79. The quantitative estimate of drug-likeness (QED) is 0.314. The van der Waals surface area contributed by atoms with Gasteiger partial charge in [0.2, 0.25) is 0 Å². The molecule has 0 fully saturated rings. The fourth-order valence-electron chi connectivity index (χ4n) is 3.33. The van der Waals surface area contributed by atoms with Gasteiger partial charge in [-0.25, -0.2) is 9.37 Å². The highest BCUT2D eigenvalue weighted by Crippen LogP contribution is 2.31. The van der Waals surface area contributed by atoms with E-state index in [0.29, 0.717) is 10.0 Å². The molecule has 0 aliphatic rings. The molecule has 1 N–H and O–H groups in total. The van der Waals surface area contributed by atoms with Crippen LogP contribution in [0.25, 0.3) is 26.4 Å². The van der Waals surface area contributed by atoms with Crippen LogP contribution in [0.4, 0.5) is 10.1 Å². The molecule has 5 nitrogen and oxygen atoms in total. The molecule has 8 heteroatoms. The summed E-state index contributed by atoms with van der Waals surface area (Å²) in [5.74, 6) is -0.0680. The van der Waals surface area contributed by atoms with E-state index in [9.17, 15) is 9.18 Å². The lowest BCUT2D eigenvalue weighted by molar-refractivity contribution is 0.102. The molecule has 5 rings (SSSR count). The Labute approximate surface area is 189 Å². The van der Waals surface area contributed by atoms with Crippen LogP contribution in [-0.2, 0) is 0 Å². The second kappa shape index (κ2) is 7.79. The summed E-state index contributed by atoms with van der Waals surface area (Å²) in [6.07, 6.45) is 1.98. The van der Waals surface area contributed by atoms with Gasteiger partial charge in [0.25, 0.3) is 5.91 Å². The van der Waals surface area contributed by atoms with Gasteiger partial charge in [-0.3, -0.25) is 9.20 Å². The van der Waals surface area contributed by atoms with Gasteiger partial charge in [0.1, 0.15) is 11.6 Å². The third-order valence-corrected chi connectivity index (χ3v) is 6.43. The summed E-state index contributed by atoms with van der Waals surface area (Å²) >= 11 is 4.70. The van der Waals surface area contributed by atoms with Gasteiger partial charge in [-0.15, -0.1) is 0 Å². The van der Waals surface area contributed by atoms with E-state index in [4.69, 9.17) is 9.72 Å². The van der Waals surface area contributed by atoms with Crippen molar-refractivity contribution < 1.29 is 13.9 Å². The lowest BCUT2D eigenvalue weighted by Gasteiger charge is -2.07. The van der Waals surface area contributed by atoms with Crippen LogP contribution in [0.15, 0.2) is 71.3 Å². The number of nitrogens with one attached hydrogen (secondary N) is 1. The van der Waals surface area contributed by atoms with Gasteiger partial charge in [-0.05, 0) is 60.7 Å². The maximum Gasteiger partial charge on any atom is 0.255 e. The van der Waals surface area contributed by atoms with Crippen molar-refractivity contribution in [2.75, 3.05) is 12.4 Å². The van der Waals surface area contributed by atoms with E-state index >= 15 is 0 Å². The van der Waals surface area contributed by atoms with Crippen molar-refractivity contribution in [3.63, 3.8) is 0 Å². The van der Waals surface area contributed by atoms with Gasteiger partial charge in [0, 0.05) is 21.8 Å². The van der Waals surface area contributed by atoms with E-state index in [1.807, 2.05) is 40.9 Å². The smallest absolute Gasteiger partial charge is 0.255 e. The Balaban J connectivity index is 1.45. The topological polar surface area (TPSA) is 55.6 Å². The molecule has 3 aromatic carbocycles. The molecule has 0 unspecified atom stereocenters. The number of carbonyl (C=O) groups excluding carboxylic acids is 1. The minimum Gasteiger partial charge on any atom is -0.497 e. The summed E-state index contributed by atoms with van der Waals surface area (Å²) in [6, 6.07) is 17.7. The molecule has 2 aromatic heterocycles. The van der Waals surface area contributed by atoms with Crippen LogP contribution < -0.4 is 10.1 Å². The Kier molecular flexibility index (Phi) is 4.95. The summed E-state index contributed by atoms with van der Waals surface area (Å²) < 4.78 is 22.8. The van der Waals surface area contributed by atoms with Crippen LogP contribution >= 0.6 is 27.3 Å². The Morgan fingerprint density at radius 3 is 2.68 bits per heavy atom. The summed E-state index contributed by atoms with van der Waals surface area (Å²) in [5.41, 5.74) is 3.41. The fraction of sp³-hybridized carbons (Fsp3) is 0.0435. The lowest BCUT2D eigenvalue weighted by Crippen LogP contribution is -2.12. The first-order valence-electron chi connectivity index (χ1n) is 9.34. The van der Waals surface area contributed by atoms with E-state index < -0.39 is 5.82 Å². The Hall–Kier alpha value is -3.23. The van der Waals surface area contributed by atoms with Crippen molar-refractivity contribution in [2.24, 2.45) is 0 Å². The van der Waals surface area contributed by atoms with Gasteiger partial charge < -0.3 is 10.1 Å². The van der Waals surface area contributed by atoms with Crippen molar-refractivity contribution in [1.82, 2.24) is 9.38 Å². The van der Waals surface area contributed by atoms with Crippen molar-refractivity contribution in [1.29, 1.82) is 0 Å². The molecule has 0 aliphatic carbocycles. The van der Waals surface area contributed by atoms with Crippen LogP contribution in [0.1, 0.15) is 10.4 Å². The first kappa shape index (κ1) is 19.7. The first-order chi connectivity index (χ1) is 15.0. The van der Waals surface area contributed by atoms with Crippen molar-refractivity contribution in [2.45, 2.75) is 0 Å². The normalized spacial score (nSPS) is 11.2. The van der Waals surface area contributed by atoms with Gasteiger partial charge in [0.15, 0.2) is 4.96 Å². The number of rotatable bonds is 4. The predicted octanol–water partition coefficient (Wildman–Crippen LogP) is 6.38. The van der Waals surface area contributed by atoms with E-state index in [1.54, 1.807) is 25.3 Å². The minimum absolute atomic E-state index is 0.137. The summed E-state index contributed by atoms with van der Waals surface area (Å²) in [6.45, 7) is 0. The molecular formula is C23H15BrFN3O2S. The van der Waals surface area contributed by atoms with Crippen LogP contribution in [0.2, 0.25) is 0 Å². The van der Waals surface area contributed by atoms with Crippen LogP contribution in [0.5, 0.6) is 5.75 Å². The third-order valence-electron chi connectivity index (χ3n) is 4.92. The molecule has 31 heavy (non-hydrogen) atoms. The number of imidazole rings is 1. The van der Waals surface area contributed by atoms with Crippen molar-refractivity contribution >= 4 is 54.0 Å². The Morgan fingerprint density at radius 1 is 1.13 bits per heavy atom. The van der Waals surface area contributed by atoms with E-state index in [0.717, 1.165) is 32.2 Å². The number of benzene rings is 3. The highest BCUT2D eigenvalue weighted by Gasteiger charge is 2.14. The van der Waals surface area contributed by atoms with Gasteiger partial charge in [-0.1, -0.05) is 27.3 Å². The Morgan fingerprint density at radius 2 is 1.94 bits per heavy atom. The number of anilines is 1. The van der Waals surface area contributed by atoms with E-state index in [1.165, 1.54) is 23.5 Å². The molecule has 154 valence electrons. The van der Waals surface area contributed by atoms with E-state index in [-0.39, 0.29) is 11.6 Å². The summed E-state index contributed by atoms with van der Waals surface area (Å²) in [4.78, 5) is 18.2. The van der Waals surface area contributed by atoms with Gasteiger partial charge in [-0.2, -0.15) is 0 Å². The molecular weight excluding hydrogens is 481 g/mol. The summed E-state index contributed by atoms with van der Waals surface area (Å²) in [5, 5.41) is 2.62. The maximum absolute atomic E-state index is 14.0. The van der Waals surface area contributed by atoms with Crippen LogP contribution in [0.3, 0.4) is 0 Å². The monoisotopic (exact) mass is 495 g/mol. The average molecular weight is 496 g/mol. The average Bonchev–Trinajstić information content (AvgIpc) is 3.33. The second-order valence-electron chi connectivity index (χ2n) is 6.87. The molecule has 0 saturated carbocycles. The number of fused-ring (bicyclic) bond motifs is 3. The van der Waals surface area contributed by atoms with Gasteiger partial charge in [0.05, 0.1) is 28.7 Å². The zero-order chi connectivity index (χ0) is 21.5. The molecule has 0 saturated heterocycles. The third kappa shape index (κ3) is 3.68. The molecule has 1 amide bonds. The minimum atomic E-state index is -0.496. The fourth-order valence-corrected chi connectivity index (χ4v) is 4.71. The molecule has 0 aliphatic heterocycles. The highest BCUT2D eigenvalue weighted by atomic mass is 79.9. The van der Waals surface area contributed by atoms with Crippen molar-refractivity contribution in [3.05, 3.63) is 82.7 Å².